The minimum atomic E-state index is -0.266. The van der Waals surface area contributed by atoms with Gasteiger partial charge in [0.25, 0.3) is 0 Å². The summed E-state index contributed by atoms with van der Waals surface area (Å²) in [7, 11) is 1.96. The minimum absolute atomic E-state index is 0.239. The number of thiophene rings is 1. The molecule has 0 bridgehead atoms. The van der Waals surface area contributed by atoms with E-state index in [1.54, 1.807) is 35.7 Å². The number of amides is 2. The third-order valence-electron chi connectivity index (χ3n) is 4.17. The first-order chi connectivity index (χ1) is 13.5. The van der Waals surface area contributed by atoms with E-state index in [2.05, 4.69) is 20.5 Å². The molecular weight excluding hydrogens is 375 g/mol. The van der Waals surface area contributed by atoms with Crippen molar-refractivity contribution in [3.63, 3.8) is 0 Å². The Morgan fingerprint density at radius 1 is 1.18 bits per heavy atom. The van der Waals surface area contributed by atoms with E-state index in [1.807, 2.05) is 32.2 Å². The van der Waals surface area contributed by atoms with Crippen LogP contribution in [0.25, 0.3) is 10.6 Å². The van der Waals surface area contributed by atoms with Crippen molar-refractivity contribution >= 4 is 23.1 Å². The highest BCUT2D eigenvalue weighted by Gasteiger charge is 2.11. The molecule has 146 valence electrons. The Hall–Kier alpha value is -2.77. The van der Waals surface area contributed by atoms with Crippen LogP contribution >= 0.6 is 11.3 Å². The molecule has 7 heteroatoms. The first-order valence-corrected chi connectivity index (χ1v) is 9.82. The summed E-state index contributed by atoms with van der Waals surface area (Å²) in [5.74, 6) is -0.239. The topological polar surface area (TPSA) is 57.3 Å². The molecule has 0 saturated heterocycles. The number of likely N-dealkylation sites (N-methyl/N-ethyl adjacent to an activating group) is 1. The first-order valence-electron chi connectivity index (χ1n) is 9.01. The van der Waals surface area contributed by atoms with Crippen LogP contribution in [0.15, 0.2) is 54.7 Å². The molecule has 5 nitrogen and oxygen atoms in total. The zero-order valence-electron chi connectivity index (χ0n) is 15.9. The zero-order chi connectivity index (χ0) is 19.9. The highest BCUT2D eigenvalue weighted by atomic mass is 32.1. The van der Waals surface area contributed by atoms with E-state index >= 15 is 0 Å². The monoisotopic (exact) mass is 398 g/mol. The molecule has 3 aromatic rings. The largest absolute Gasteiger partial charge is 0.337 e. The van der Waals surface area contributed by atoms with Gasteiger partial charge in [-0.05, 0) is 55.9 Å². The molecule has 0 aliphatic rings. The van der Waals surface area contributed by atoms with E-state index in [-0.39, 0.29) is 11.8 Å². The molecule has 3 rings (SSSR count). The molecule has 0 aliphatic carbocycles. The quantitative estimate of drug-likeness (QED) is 0.616. The van der Waals surface area contributed by atoms with Crippen molar-refractivity contribution in [1.82, 2.24) is 15.2 Å². The number of nitrogens with one attached hydrogen (secondary N) is 2. The molecular formula is C21H23FN4OS. The summed E-state index contributed by atoms with van der Waals surface area (Å²) in [5.41, 5.74) is 2.48. The second kappa shape index (κ2) is 9.43. The van der Waals surface area contributed by atoms with Crippen LogP contribution in [-0.4, -0.2) is 36.1 Å². The van der Waals surface area contributed by atoms with Gasteiger partial charge >= 0.3 is 6.03 Å². The van der Waals surface area contributed by atoms with Gasteiger partial charge in [-0.25, -0.2) is 9.18 Å². The number of carbonyl (C=O) groups excluding carboxylic acids is 1. The standard InChI is InChI=1S/C21H23FN4OS/c1-15-5-10-19(28-15)20-18(4-3-11-23-20)25-21(27)24-12-13-26(2)14-16-6-8-17(22)9-7-16/h3-11H,12-14H2,1-2H3,(H2,24,25,27). The maximum Gasteiger partial charge on any atom is 0.319 e. The van der Waals surface area contributed by atoms with Crippen LogP contribution in [0.3, 0.4) is 0 Å². The van der Waals surface area contributed by atoms with Crippen molar-refractivity contribution in [2.24, 2.45) is 0 Å². The third-order valence-corrected chi connectivity index (χ3v) is 5.18. The fraction of sp³-hybridized carbons (Fsp3) is 0.238. The maximum atomic E-state index is 13.0. The molecule has 2 amide bonds. The highest BCUT2D eigenvalue weighted by Crippen LogP contribution is 2.31. The Morgan fingerprint density at radius 2 is 1.96 bits per heavy atom. The lowest BCUT2D eigenvalue weighted by Crippen LogP contribution is -2.35. The van der Waals surface area contributed by atoms with Crippen LogP contribution in [-0.2, 0) is 6.54 Å². The number of urea groups is 1. The van der Waals surface area contributed by atoms with Crippen LogP contribution in [0.2, 0.25) is 0 Å². The first kappa shape index (κ1) is 20.0. The van der Waals surface area contributed by atoms with Gasteiger partial charge in [0.1, 0.15) is 11.5 Å². The highest BCUT2D eigenvalue weighted by molar-refractivity contribution is 7.15. The predicted molar refractivity (Wildman–Crippen MR) is 112 cm³/mol. The normalized spacial score (nSPS) is 10.9. The lowest BCUT2D eigenvalue weighted by atomic mass is 10.2. The van der Waals surface area contributed by atoms with Crippen molar-refractivity contribution in [2.75, 3.05) is 25.5 Å². The minimum Gasteiger partial charge on any atom is -0.337 e. The molecule has 2 heterocycles. The summed E-state index contributed by atoms with van der Waals surface area (Å²) in [5, 5.41) is 5.75. The van der Waals surface area contributed by atoms with Crippen LogP contribution in [0, 0.1) is 12.7 Å². The number of nitrogens with zero attached hydrogens (tertiary/aromatic N) is 2. The molecule has 0 atom stereocenters. The van der Waals surface area contributed by atoms with Gasteiger partial charge < -0.3 is 15.5 Å². The molecule has 2 N–H and O–H groups in total. The van der Waals surface area contributed by atoms with Crippen molar-refractivity contribution in [3.8, 4) is 10.6 Å². The molecule has 28 heavy (non-hydrogen) atoms. The summed E-state index contributed by atoms with van der Waals surface area (Å²) in [4.78, 5) is 21.0. The van der Waals surface area contributed by atoms with Crippen LogP contribution in [0.5, 0.6) is 0 Å². The summed E-state index contributed by atoms with van der Waals surface area (Å²) >= 11 is 1.64. The number of aryl methyl sites for hydroxylation is 1. The van der Waals surface area contributed by atoms with E-state index in [0.29, 0.717) is 25.3 Å². The van der Waals surface area contributed by atoms with E-state index in [9.17, 15) is 9.18 Å². The number of rotatable bonds is 7. The molecule has 0 radical (unpaired) electrons. The Bertz CT molecular complexity index is 926. The molecule has 0 spiro atoms. The van der Waals surface area contributed by atoms with E-state index < -0.39 is 0 Å². The molecule has 1 aromatic carbocycles. The van der Waals surface area contributed by atoms with Gasteiger partial charge in [-0.1, -0.05) is 12.1 Å². The van der Waals surface area contributed by atoms with Gasteiger partial charge in [0.2, 0.25) is 0 Å². The van der Waals surface area contributed by atoms with Gasteiger partial charge in [-0.15, -0.1) is 11.3 Å². The van der Waals surface area contributed by atoms with Crippen molar-refractivity contribution in [2.45, 2.75) is 13.5 Å². The van der Waals surface area contributed by atoms with Gasteiger partial charge in [0, 0.05) is 30.7 Å². The number of anilines is 1. The van der Waals surface area contributed by atoms with Crippen molar-refractivity contribution in [1.29, 1.82) is 0 Å². The maximum absolute atomic E-state index is 13.0. The van der Waals surface area contributed by atoms with Crippen molar-refractivity contribution < 1.29 is 9.18 Å². The molecule has 0 aliphatic heterocycles. The lowest BCUT2D eigenvalue weighted by molar-refractivity contribution is 0.249. The average Bonchev–Trinajstić information content (AvgIpc) is 3.10. The number of hydrogen-bond donors (Lipinski definition) is 2. The second-order valence-corrected chi connectivity index (χ2v) is 7.84. The van der Waals surface area contributed by atoms with E-state index in [1.165, 1.54) is 17.0 Å². The van der Waals surface area contributed by atoms with E-state index in [4.69, 9.17) is 0 Å². The van der Waals surface area contributed by atoms with Crippen LogP contribution in [0.4, 0.5) is 14.9 Å². The second-order valence-electron chi connectivity index (χ2n) is 6.56. The number of pyridine rings is 1. The summed E-state index contributed by atoms with van der Waals surface area (Å²) < 4.78 is 13.0. The fourth-order valence-corrected chi connectivity index (χ4v) is 3.65. The van der Waals surface area contributed by atoms with Crippen molar-refractivity contribution in [3.05, 3.63) is 71.0 Å². The summed E-state index contributed by atoms with van der Waals surface area (Å²) in [6.45, 7) is 3.90. The summed E-state index contributed by atoms with van der Waals surface area (Å²) in [6.07, 6.45) is 1.72. The average molecular weight is 399 g/mol. The Balaban J connectivity index is 1.49. The van der Waals surface area contributed by atoms with Gasteiger partial charge in [-0.3, -0.25) is 4.98 Å². The number of halogens is 1. The van der Waals surface area contributed by atoms with E-state index in [0.717, 1.165) is 16.1 Å². The van der Waals surface area contributed by atoms with Crippen LogP contribution in [0.1, 0.15) is 10.4 Å². The van der Waals surface area contributed by atoms with Gasteiger partial charge in [0.15, 0.2) is 0 Å². The van der Waals surface area contributed by atoms with Gasteiger partial charge in [0.05, 0.1) is 10.6 Å². The van der Waals surface area contributed by atoms with Gasteiger partial charge in [-0.2, -0.15) is 0 Å². The number of carbonyl (C=O) groups is 1. The summed E-state index contributed by atoms with van der Waals surface area (Å²) in [6, 6.07) is 13.9. The fourth-order valence-electron chi connectivity index (χ4n) is 2.77. The third kappa shape index (κ3) is 5.61. The molecule has 0 saturated carbocycles. The zero-order valence-corrected chi connectivity index (χ0v) is 16.7. The number of benzene rings is 1. The predicted octanol–water partition coefficient (Wildman–Crippen LogP) is 4.51. The molecule has 2 aromatic heterocycles. The Kier molecular flexibility index (Phi) is 6.73. The molecule has 0 unspecified atom stereocenters. The number of aromatic nitrogens is 1. The smallest absolute Gasteiger partial charge is 0.319 e. The Labute approximate surface area is 168 Å². The Morgan fingerprint density at radius 3 is 2.68 bits per heavy atom. The SMILES string of the molecule is Cc1ccc(-c2ncccc2NC(=O)NCCN(C)Cc2ccc(F)cc2)s1. The number of hydrogen-bond acceptors (Lipinski definition) is 4. The van der Waals surface area contributed by atoms with Crippen LogP contribution < -0.4 is 10.6 Å². The lowest BCUT2D eigenvalue weighted by Gasteiger charge is -2.17. The molecule has 0 fully saturated rings.